The summed E-state index contributed by atoms with van der Waals surface area (Å²) in [5, 5.41) is 3.28. The first-order valence-corrected chi connectivity index (χ1v) is 6.34. The van der Waals surface area contributed by atoms with Crippen LogP contribution >= 0.6 is 15.9 Å². The van der Waals surface area contributed by atoms with Crippen molar-refractivity contribution in [2.75, 3.05) is 12.4 Å². The summed E-state index contributed by atoms with van der Waals surface area (Å²) in [5.41, 5.74) is 2.99. The van der Waals surface area contributed by atoms with Gasteiger partial charge in [-0.05, 0) is 40.5 Å². The Kier molecular flexibility index (Phi) is 4.15. The lowest BCUT2D eigenvalue weighted by molar-refractivity contribution is 0.396. The fourth-order valence-electron chi connectivity index (χ4n) is 1.52. The van der Waals surface area contributed by atoms with E-state index in [2.05, 4.69) is 31.2 Å². The van der Waals surface area contributed by atoms with E-state index in [0.717, 1.165) is 21.5 Å². The van der Waals surface area contributed by atoms with E-state index in [0.29, 0.717) is 12.4 Å². The summed E-state index contributed by atoms with van der Waals surface area (Å²) in [6.45, 7) is 2.64. The van der Waals surface area contributed by atoms with Crippen LogP contribution in [0.5, 0.6) is 5.88 Å². The summed E-state index contributed by atoms with van der Waals surface area (Å²) in [6.07, 6.45) is 1.79. The number of hydrogen-bond acceptors (Lipinski definition) is 4. The van der Waals surface area contributed by atoms with Gasteiger partial charge in [0.1, 0.15) is 4.60 Å². The number of ether oxygens (including phenoxy) is 1. The normalized spacial score (nSPS) is 10.2. The molecular formula is C13H14BrN3O. The molecule has 0 unspecified atom stereocenters. The fourth-order valence-corrected chi connectivity index (χ4v) is 1.73. The summed E-state index contributed by atoms with van der Waals surface area (Å²) in [7, 11) is 1.61. The molecule has 2 rings (SSSR count). The van der Waals surface area contributed by atoms with E-state index in [1.807, 2.05) is 31.2 Å². The van der Waals surface area contributed by atoms with Crippen molar-refractivity contribution in [3.8, 4) is 5.88 Å². The molecular weight excluding hydrogens is 294 g/mol. The largest absolute Gasteiger partial charge is 0.481 e. The minimum Gasteiger partial charge on any atom is -0.481 e. The lowest BCUT2D eigenvalue weighted by atomic mass is 10.3. The van der Waals surface area contributed by atoms with Crippen molar-refractivity contribution in [2.24, 2.45) is 0 Å². The second kappa shape index (κ2) is 5.82. The van der Waals surface area contributed by atoms with Crippen molar-refractivity contribution in [1.82, 2.24) is 9.97 Å². The Morgan fingerprint density at radius 2 is 2.22 bits per heavy atom. The Morgan fingerprint density at radius 3 is 2.94 bits per heavy atom. The molecule has 2 heterocycles. The maximum absolute atomic E-state index is 5.08. The molecule has 4 nitrogen and oxygen atoms in total. The molecule has 2 aromatic heterocycles. The number of halogens is 1. The number of pyridine rings is 2. The molecule has 0 fully saturated rings. The number of aryl methyl sites for hydroxylation is 1. The highest BCUT2D eigenvalue weighted by molar-refractivity contribution is 9.10. The first-order valence-electron chi connectivity index (χ1n) is 5.55. The molecule has 0 aromatic carbocycles. The van der Waals surface area contributed by atoms with Gasteiger partial charge in [0.2, 0.25) is 5.88 Å². The standard InChI is InChI=1S/C13H14BrN3O/c1-9-6-11(8-16-13(9)14)15-7-10-4-3-5-12(17-10)18-2/h3-6,8,15H,7H2,1-2H3. The lowest BCUT2D eigenvalue weighted by Crippen LogP contribution is -2.03. The Balaban J connectivity index is 2.04. The van der Waals surface area contributed by atoms with Crippen molar-refractivity contribution < 1.29 is 4.74 Å². The monoisotopic (exact) mass is 307 g/mol. The molecule has 0 aliphatic carbocycles. The van der Waals surface area contributed by atoms with Crippen LogP contribution in [-0.2, 0) is 6.54 Å². The maximum atomic E-state index is 5.08. The van der Waals surface area contributed by atoms with Crippen molar-refractivity contribution in [3.63, 3.8) is 0 Å². The molecule has 0 aliphatic rings. The summed E-state index contributed by atoms with van der Waals surface area (Å²) in [4.78, 5) is 8.57. The van der Waals surface area contributed by atoms with Gasteiger partial charge in [0.25, 0.3) is 0 Å². The molecule has 0 aliphatic heterocycles. The van der Waals surface area contributed by atoms with Crippen LogP contribution in [0.15, 0.2) is 35.1 Å². The Hall–Kier alpha value is -1.62. The molecule has 0 bridgehead atoms. The summed E-state index contributed by atoms with van der Waals surface area (Å²) in [5.74, 6) is 0.624. The summed E-state index contributed by atoms with van der Waals surface area (Å²) >= 11 is 3.38. The fraction of sp³-hybridized carbons (Fsp3) is 0.231. The zero-order valence-corrected chi connectivity index (χ0v) is 11.9. The van der Waals surface area contributed by atoms with E-state index in [9.17, 15) is 0 Å². The van der Waals surface area contributed by atoms with Crippen LogP contribution in [0.25, 0.3) is 0 Å². The van der Waals surface area contributed by atoms with Gasteiger partial charge < -0.3 is 10.1 Å². The van der Waals surface area contributed by atoms with E-state index in [1.165, 1.54) is 0 Å². The quantitative estimate of drug-likeness (QED) is 0.881. The molecule has 0 amide bonds. The van der Waals surface area contributed by atoms with E-state index in [4.69, 9.17) is 4.74 Å². The molecule has 2 aromatic rings. The van der Waals surface area contributed by atoms with Gasteiger partial charge in [-0.1, -0.05) is 6.07 Å². The van der Waals surface area contributed by atoms with Gasteiger partial charge in [0, 0.05) is 6.07 Å². The van der Waals surface area contributed by atoms with Gasteiger partial charge in [-0.2, -0.15) is 0 Å². The van der Waals surface area contributed by atoms with E-state index < -0.39 is 0 Å². The molecule has 0 saturated carbocycles. The smallest absolute Gasteiger partial charge is 0.213 e. The third kappa shape index (κ3) is 3.20. The molecule has 18 heavy (non-hydrogen) atoms. The van der Waals surface area contributed by atoms with Crippen molar-refractivity contribution in [1.29, 1.82) is 0 Å². The van der Waals surface area contributed by atoms with Crippen LogP contribution in [0.3, 0.4) is 0 Å². The Labute approximate surface area is 115 Å². The zero-order valence-electron chi connectivity index (χ0n) is 10.3. The van der Waals surface area contributed by atoms with Crippen LogP contribution in [0.4, 0.5) is 5.69 Å². The molecule has 94 valence electrons. The molecule has 0 radical (unpaired) electrons. The molecule has 0 saturated heterocycles. The van der Waals surface area contributed by atoms with Crippen molar-refractivity contribution in [2.45, 2.75) is 13.5 Å². The number of aromatic nitrogens is 2. The third-order valence-corrected chi connectivity index (χ3v) is 3.31. The predicted molar refractivity (Wildman–Crippen MR) is 74.8 cm³/mol. The average molecular weight is 308 g/mol. The van der Waals surface area contributed by atoms with Crippen LogP contribution in [0.1, 0.15) is 11.3 Å². The van der Waals surface area contributed by atoms with Gasteiger partial charge in [-0.25, -0.2) is 9.97 Å². The van der Waals surface area contributed by atoms with E-state index >= 15 is 0 Å². The van der Waals surface area contributed by atoms with E-state index in [-0.39, 0.29) is 0 Å². The minimum atomic E-state index is 0.624. The van der Waals surface area contributed by atoms with Crippen LogP contribution in [0, 0.1) is 6.92 Å². The number of nitrogens with one attached hydrogen (secondary N) is 1. The third-order valence-electron chi connectivity index (χ3n) is 2.48. The van der Waals surface area contributed by atoms with Gasteiger partial charge >= 0.3 is 0 Å². The Morgan fingerprint density at radius 1 is 1.39 bits per heavy atom. The highest BCUT2D eigenvalue weighted by atomic mass is 79.9. The predicted octanol–water partition coefficient (Wildman–Crippen LogP) is 3.17. The lowest BCUT2D eigenvalue weighted by Gasteiger charge is -2.08. The van der Waals surface area contributed by atoms with Crippen LogP contribution in [-0.4, -0.2) is 17.1 Å². The first-order chi connectivity index (χ1) is 8.69. The number of methoxy groups -OCH3 is 1. The average Bonchev–Trinajstić information content (AvgIpc) is 2.40. The Bertz CT molecular complexity index is 546. The van der Waals surface area contributed by atoms with Crippen LogP contribution in [0.2, 0.25) is 0 Å². The summed E-state index contributed by atoms with van der Waals surface area (Å²) < 4.78 is 5.95. The van der Waals surface area contributed by atoms with Gasteiger partial charge in [0.15, 0.2) is 0 Å². The summed E-state index contributed by atoms with van der Waals surface area (Å²) in [6, 6.07) is 7.74. The number of rotatable bonds is 4. The van der Waals surface area contributed by atoms with E-state index in [1.54, 1.807) is 13.3 Å². The molecule has 1 N–H and O–H groups in total. The second-order valence-electron chi connectivity index (χ2n) is 3.86. The number of anilines is 1. The molecule has 0 spiro atoms. The highest BCUT2D eigenvalue weighted by Crippen LogP contribution is 2.17. The van der Waals surface area contributed by atoms with Crippen LogP contribution < -0.4 is 10.1 Å². The molecule has 0 atom stereocenters. The number of hydrogen-bond donors (Lipinski definition) is 1. The van der Waals surface area contributed by atoms with Crippen molar-refractivity contribution in [3.05, 3.63) is 46.3 Å². The van der Waals surface area contributed by atoms with Gasteiger partial charge in [-0.15, -0.1) is 0 Å². The highest BCUT2D eigenvalue weighted by Gasteiger charge is 2.00. The topological polar surface area (TPSA) is 47.0 Å². The minimum absolute atomic E-state index is 0.624. The van der Waals surface area contributed by atoms with Gasteiger partial charge in [-0.3, -0.25) is 0 Å². The molecule has 5 heteroatoms. The van der Waals surface area contributed by atoms with Crippen molar-refractivity contribution >= 4 is 21.6 Å². The van der Waals surface area contributed by atoms with Gasteiger partial charge in [0.05, 0.1) is 31.2 Å². The number of nitrogens with zero attached hydrogens (tertiary/aromatic N) is 2. The maximum Gasteiger partial charge on any atom is 0.213 e. The zero-order chi connectivity index (χ0) is 13.0. The second-order valence-corrected chi connectivity index (χ2v) is 4.61. The SMILES string of the molecule is COc1cccc(CNc2cnc(Br)c(C)c2)n1. The first kappa shape index (κ1) is 12.8.